The minimum atomic E-state index is -0.193. The number of ether oxygens (including phenoxy) is 2. The third-order valence-electron chi connectivity index (χ3n) is 6.30. The lowest BCUT2D eigenvalue weighted by Gasteiger charge is -2.20. The molecule has 0 spiro atoms. The quantitative estimate of drug-likeness (QED) is 0.497. The number of aryl methyl sites for hydroxylation is 1. The normalized spacial score (nSPS) is 19.8. The maximum atomic E-state index is 13.3. The molecule has 0 radical (unpaired) electrons. The van der Waals surface area contributed by atoms with Crippen molar-refractivity contribution in [1.82, 2.24) is 10.6 Å². The summed E-state index contributed by atoms with van der Waals surface area (Å²) >= 11 is 0. The second kappa shape index (κ2) is 9.69. The number of hydrogen-bond donors (Lipinski definition) is 2. The third kappa shape index (κ3) is 5.56. The Bertz CT molecular complexity index is 903. The summed E-state index contributed by atoms with van der Waals surface area (Å²) in [6, 6.07) is 13.2. The van der Waals surface area contributed by atoms with E-state index in [4.69, 9.17) is 9.47 Å². The molecule has 1 aliphatic heterocycles. The van der Waals surface area contributed by atoms with Crippen molar-refractivity contribution in [3.05, 3.63) is 65.0 Å². The summed E-state index contributed by atoms with van der Waals surface area (Å²) in [5, 5.41) is 6.86. The molecule has 0 amide bonds. The van der Waals surface area contributed by atoms with Crippen molar-refractivity contribution in [2.24, 2.45) is 10.9 Å². The van der Waals surface area contributed by atoms with Crippen LogP contribution in [0.2, 0.25) is 0 Å². The van der Waals surface area contributed by atoms with E-state index < -0.39 is 0 Å². The molecular weight excluding hydrogens is 393 g/mol. The van der Waals surface area contributed by atoms with Gasteiger partial charge in [0.15, 0.2) is 5.96 Å². The molecule has 2 aromatic carbocycles. The molecule has 2 aromatic rings. The monoisotopic (exact) mass is 425 g/mol. The summed E-state index contributed by atoms with van der Waals surface area (Å²) < 4.78 is 24.9. The van der Waals surface area contributed by atoms with Gasteiger partial charge in [0, 0.05) is 43.6 Å². The zero-order valence-corrected chi connectivity index (χ0v) is 18.4. The van der Waals surface area contributed by atoms with Crippen molar-refractivity contribution in [2.45, 2.75) is 38.1 Å². The van der Waals surface area contributed by atoms with Gasteiger partial charge >= 0.3 is 0 Å². The fraction of sp³-hybridized carbons (Fsp3) is 0.480. The summed E-state index contributed by atoms with van der Waals surface area (Å²) in [7, 11) is 1.78. The Morgan fingerprint density at radius 1 is 1.19 bits per heavy atom. The highest BCUT2D eigenvalue weighted by Crippen LogP contribution is 2.47. The number of nitrogens with one attached hydrogen (secondary N) is 2. The topological polar surface area (TPSA) is 54.9 Å². The number of nitrogens with zero attached hydrogens (tertiary/aromatic N) is 1. The zero-order chi connectivity index (χ0) is 21.7. The van der Waals surface area contributed by atoms with Gasteiger partial charge in [0.25, 0.3) is 0 Å². The molecule has 0 bridgehead atoms. The van der Waals surface area contributed by atoms with Gasteiger partial charge in [-0.25, -0.2) is 4.39 Å². The highest BCUT2D eigenvalue weighted by atomic mass is 19.1. The first-order valence-corrected chi connectivity index (χ1v) is 11.1. The molecule has 1 saturated heterocycles. The Morgan fingerprint density at radius 3 is 2.68 bits per heavy atom. The van der Waals surface area contributed by atoms with Crippen LogP contribution >= 0.6 is 0 Å². The SMILES string of the molecule is CN=C(NCc1ccc(C)cc1OCC1CCOC1)NCC1(c2ccc(F)cc2)CC1. The Labute approximate surface area is 184 Å². The zero-order valence-electron chi connectivity index (χ0n) is 18.4. The average Bonchev–Trinajstić information content (AvgIpc) is 3.38. The molecule has 2 fully saturated rings. The van der Waals surface area contributed by atoms with Crippen LogP contribution in [0.15, 0.2) is 47.5 Å². The molecule has 1 aliphatic carbocycles. The fourth-order valence-corrected chi connectivity index (χ4v) is 4.04. The van der Waals surface area contributed by atoms with Crippen LogP contribution in [0.25, 0.3) is 0 Å². The number of aliphatic imine (C=N–C) groups is 1. The van der Waals surface area contributed by atoms with E-state index in [0.29, 0.717) is 19.1 Å². The first-order valence-electron chi connectivity index (χ1n) is 11.1. The van der Waals surface area contributed by atoms with Crippen LogP contribution in [0.1, 0.15) is 36.0 Å². The van der Waals surface area contributed by atoms with Crippen LogP contribution < -0.4 is 15.4 Å². The molecule has 1 unspecified atom stereocenters. The minimum Gasteiger partial charge on any atom is -0.493 e. The standard InChI is InChI=1S/C25H32FN3O2/c1-18-3-4-20(23(13-18)31-16-19-9-12-30-15-19)14-28-24(27-2)29-17-25(10-11-25)21-5-7-22(26)8-6-21/h3-8,13,19H,9-12,14-17H2,1-2H3,(H2,27,28,29). The van der Waals surface area contributed by atoms with Gasteiger partial charge in [0.05, 0.1) is 13.2 Å². The van der Waals surface area contributed by atoms with Gasteiger partial charge in [-0.1, -0.05) is 24.3 Å². The number of rotatable bonds is 8. The van der Waals surface area contributed by atoms with Crippen molar-refractivity contribution in [1.29, 1.82) is 0 Å². The highest BCUT2D eigenvalue weighted by molar-refractivity contribution is 5.80. The van der Waals surface area contributed by atoms with E-state index in [1.165, 1.54) is 11.1 Å². The molecule has 166 valence electrons. The van der Waals surface area contributed by atoms with Gasteiger partial charge in [-0.2, -0.15) is 0 Å². The van der Waals surface area contributed by atoms with E-state index in [0.717, 1.165) is 56.3 Å². The first kappa shape index (κ1) is 21.6. The molecule has 1 heterocycles. The van der Waals surface area contributed by atoms with Crippen molar-refractivity contribution < 1.29 is 13.9 Å². The van der Waals surface area contributed by atoms with Crippen molar-refractivity contribution >= 4 is 5.96 Å². The lowest BCUT2D eigenvalue weighted by atomic mass is 9.96. The Balaban J connectivity index is 1.33. The molecule has 31 heavy (non-hydrogen) atoms. The average molecular weight is 426 g/mol. The predicted octanol–water partition coefficient (Wildman–Crippen LogP) is 3.95. The van der Waals surface area contributed by atoms with Crippen molar-refractivity contribution in [2.75, 3.05) is 33.4 Å². The molecule has 6 heteroatoms. The second-order valence-corrected chi connectivity index (χ2v) is 8.72. The van der Waals surface area contributed by atoms with Crippen LogP contribution in [0.3, 0.4) is 0 Å². The van der Waals surface area contributed by atoms with Crippen LogP contribution in [0.4, 0.5) is 4.39 Å². The number of halogens is 1. The maximum absolute atomic E-state index is 13.3. The molecule has 1 saturated carbocycles. The molecular formula is C25H32FN3O2. The van der Waals surface area contributed by atoms with Crippen LogP contribution in [-0.2, 0) is 16.7 Å². The summed E-state index contributed by atoms with van der Waals surface area (Å²) in [6.07, 6.45) is 3.26. The summed E-state index contributed by atoms with van der Waals surface area (Å²) in [6.45, 7) is 5.78. The molecule has 4 rings (SSSR count). The van der Waals surface area contributed by atoms with E-state index in [-0.39, 0.29) is 11.2 Å². The smallest absolute Gasteiger partial charge is 0.191 e. The maximum Gasteiger partial charge on any atom is 0.191 e. The molecule has 2 N–H and O–H groups in total. The van der Waals surface area contributed by atoms with Gasteiger partial charge < -0.3 is 20.1 Å². The highest BCUT2D eigenvalue weighted by Gasteiger charge is 2.44. The van der Waals surface area contributed by atoms with E-state index in [1.54, 1.807) is 19.2 Å². The largest absolute Gasteiger partial charge is 0.493 e. The lowest BCUT2D eigenvalue weighted by Crippen LogP contribution is -2.41. The molecule has 0 aromatic heterocycles. The predicted molar refractivity (Wildman–Crippen MR) is 121 cm³/mol. The van der Waals surface area contributed by atoms with E-state index in [9.17, 15) is 4.39 Å². The van der Waals surface area contributed by atoms with E-state index in [2.05, 4.69) is 40.7 Å². The van der Waals surface area contributed by atoms with Gasteiger partial charge in [0.2, 0.25) is 0 Å². The number of guanidine groups is 1. The van der Waals surface area contributed by atoms with Gasteiger partial charge in [0.1, 0.15) is 11.6 Å². The summed E-state index contributed by atoms with van der Waals surface area (Å²) in [5.41, 5.74) is 3.54. The van der Waals surface area contributed by atoms with Crippen LogP contribution in [0.5, 0.6) is 5.75 Å². The van der Waals surface area contributed by atoms with Gasteiger partial charge in [-0.05, 0) is 55.5 Å². The summed E-state index contributed by atoms with van der Waals surface area (Å²) in [4.78, 5) is 4.38. The molecule has 1 atom stereocenters. The second-order valence-electron chi connectivity index (χ2n) is 8.72. The minimum absolute atomic E-state index is 0.0762. The van der Waals surface area contributed by atoms with Gasteiger partial charge in [-0.15, -0.1) is 0 Å². The summed E-state index contributed by atoms with van der Waals surface area (Å²) in [5.74, 6) is 1.95. The van der Waals surface area contributed by atoms with E-state index in [1.807, 2.05) is 12.1 Å². The van der Waals surface area contributed by atoms with Crippen molar-refractivity contribution in [3.63, 3.8) is 0 Å². The van der Waals surface area contributed by atoms with Crippen LogP contribution in [-0.4, -0.2) is 39.4 Å². The van der Waals surface area contributed by atoms with Crippen LogP contribution in [0, 0.1) is 18.7 Å². The first-order chi connectivity index (χ1) is 15.1. The Hall–Kier alpha value is -2.60. The number of benzene rings is 2. The number of hydrogen-bond acceptors (Lipinski definition) is 3. The van der Waals surface area contributed by atoms with Gasteiger partial charge in [-0.3, -0.25) is 4.99 Å². The Kier molecular flexibility index (Phi) is 6.76. The lowest BCUT2D eigenvalue weighted by molar-refractivity contribution is 0.166. The molecule has 2 aliphatic rings. The molecule has 5 nitrogen and oxygen atoms in total. The fourth-order valence-electron chi connectivity index (χ4n) is 4.04. The Morgan fingerprint density at radius 2 is 2.00 bits per heavy atom. The van der Waals surface area contributed by atoms with Crippen molar-refractivity contribution in [3.8, 4) is 5.75 Å². The van der Waals surface area contributed by atoms with E-state index >= 15 is 0 Å². The third-order valence-corrected chi connectivity index (χ3v) is 6.30.